The molecule has 0 saturated heterocycles. The number of hydrogen-bond acceptors (Lipinski definition) is 11. The Balaban J connectivity index is 4.53. The Hall–Kier alpha value is -2.28. The van der Waals surface area contributed by atoms with E-state index < -0.39 is 89.9 Å². The van der Waals surface area contributed by atoms with Gasteiger partial charge in [0.2, 0.25) is 27.4 Å². The lowest BCUT2D eigenvalue weighted by Gasteiger charge is -2.24. The van der Waals surface area contributed by atoms with E-state index in [0.29, 0.717) is 19.0 Å². The Labute approximate surface area is 375 Å². The summed E-state index contributed by atoms with van der Waals surface area (Å²) in [5.41, 5.74) is 5.00. The second-order valence-electron chi connectivity index (χ2n) is 14.9. The average molecular weight is 937 g/mol. The number of thioether (sulfide) groups is 1. The quantitative estimate of drug-likeness (QED) is 0.0284. The number of ether oxygens (including phenoxy) is 2. The van der Waals surface area contributed by atoms with E-state index in [4.69, 9.17) is 50.0 Å². The SMILES string of the molecule is CCCCCCCCCCCCCCCCCCCCCCOCCSC[C@H](NC(=O)OCC(Cl)(Cl)Cl)C(=O)N[C@@H](CO)C(=O)N[C@@H](CO)C(=O)N[C@@H](CC(N)=O)C(=O)O. The second-order valence-corrected chi connectivity index (χ2v) is 18.5. The van der Waals surface area contributed by atoms with E-state index in [1.54, 1.807) is 0 Å². The topological polar surface area (TPSA) is 256 Å². The molecule has 5 amide bonds. The van der Waals surface area contributed by atoms with Gasteiger partial charge in [-0.05, 0) is 6.42 Å². The lowest BCUT2D eigenvalue weighted by Crippen LogP contribution is -2.60. The van der Waals surface area contributed by atoms with Gasteiger partial charge in [-0.15, -0.1) is 0 Å². The summed E-state index contributed by atoms with van der Waals surface area (Å²) in [7, 11) is 0. The van der Waals surface area contributed by atoms with Gasteiger partial charge in [-0.2, -0.15) is 11.8 Å². The van der Waals surface area contributed by atoms with Gasteiger partial charge in [0.05, 0.1) is 26.2 Å². The van der Waals surface area contributed by atoms with Crippen molar-refractivity contribution in [2.45, 2.75) is 170 Å². The van der Waals surface area contributed by atoms with Gasteiger partial charge in [0.1, 0.15) is 30.8 Å². The minimum absolute atomic E-state index is 0.0186. The third-order valence-electron chi connectivity index (χ3n) is 9.43. The number of aliphatic carboxylic acids is 1. The number of hydrogen-bond donors (Lipinski definition) is 8. The highest BCUT2D eigenvalue weighted by Crippen LogP contribution is 2.26. The molecule has 0 aliphatic heterocycles. The van der Waals surface area contributed by atoms with E-state index in [1.807, 2.05) is 5.32 Å². The number of primary amides is 1. The summed E-state index contributed by atoms with van der Waals surface area (Å²) in [6, 6.07) is -6.47. The average Bonchev–Trinajstić information content (AvgIpc) is 3.19. The molecule has 16 nitrogen and oxygen atoms in total. The number of rotatable bonds is 39. The first-order valence-electron chi connectivity index (χ1n) is 21.4. The standard InChI is InChI=1S/C40H72Cl3N5O11S/c1-2-3-4-5-6-7-8-9-10-11-12-13-14-15-16-17-18-19-20-21-22-58-23-24-60-28-33(48-39(57)59-29-40(41,42)43)37(54)47-32(27-50)36(53)46-31(26-49)35(52)45-30(38(55)56)25-34(44)51/h30-33,49-50H,2-29H2,1H3,(H2,44,51)(H,45,52)(H,46,53)(H,47,54)(H,48,57)(H,55,56)/t30-,31-,32-,33-/m0/s1. The van der Waals surface area contributed by atoms with E-state index in [-0.39, 0.29) is 5.75 Å². The van der Waals surface area contributed by atoms with E-state index in [0.717, 1.165) is 19.3 Å². The number of carboxylic acids is 1. The molecule has 20 heteroatoms. The van der Waals surface area contributed by atoms with Gasteiger partial charge in [-0.25, -0.2) is 9.59 Å². The lowest BCUT2D eigenvalue weighted by atomic mass is 10.0. The minimum atomic E-state index is -1.92. The molecule has 0 fully saturated rings. The largest absolute Gasteiger partial charge is 0.480 e. The molecule has 0 rings (SSSR count). The van der Waals surface area contributed by atoms with Gasteiger partial charge < -0.3 is 51.8 Å². The van der Waals surface area contributed by atoms with Gasteiger partial charge in [-0.1, -0.05) is 164 Å². The Kier molecular flexibility index (Phi) is 35.9. The summed E-state index contributed by atoms with van der Waals surface area (Å²) in [6.07, 6.45) is 24.3. The van der Waals surface area contributed by atoms with Crippen LogP contribution in [0.5, 0.6) is 0 Å². The fraction of sp³-hybridized carbons (Fsp3) is 0.850. The van der Waals surface area contributed by atoms with Crippen LogP contribution in [-0.4, -0.2) is 124 Å². The monoisotopic (exact) mass is 935 g/mol. The number of unbranched alkanes of at least 4 members (excludes halogenated alkanes) is 19. The number of nitrogens with two attached hydrogens (primary N) is 1. The zero-order valence-electron chi connectivity index (χ0n) is 35.3. The van der Waals surface area contributed by atoms with Crippen molar-refractivity contribution in [1.29, 1.82) is 0 Å². The van der Waals surface area contributed by atoms with Crippen LogP contribution < -0.4 is 27.0 Å². The molecular weight excluding hydrogens is 865 g/mol. The molecule has 60 heavy (non-hydrogen) atoms. The van der Waals surface area contributed by atoms with Gasteiger partial charge in [0.25, 0.3) is 0 Å². The predicted octanol–water partition coefficient (Wildman–Crippen LogP) is 5.42. The number of aliphatic hydroxyl groups excluding tert-OH is 2. The number of halogens is 3. The summed E-state index contributed by atoms with van der Waals surface area (Å²) >= 11 is 18.2. The smallest absolute Gasteiger partial charge is 0.407 e. The fourth-order valence-electron chi connectivity index (χ4n) is 6.00. The Bertz CT molecular complexity index is 1210. The molecule has 0 aliphatic rings. The zero-order valence-corrected chi connectivity index (χ0v) is 38.4. The number of alkyl halides is 3. The molecule has 0 unspecified atom stereocenters. The normalized spacial score (nSPS) is 13.4. The van der Waals surface area contributed by atoms with Crippen LogP contribution in [0.15, 0.2) is 0 Å². The fourth-order valence-corrected chi connectivity index (χ4v) is 7.04. The Morgan fingerprint density at radius 3 is 1.38 bits per heavy atom. The summed E-state index contributed by atoms with van der Waals surface area (Å²) in [4.78, 5) is 73.5. The van der Waals surface area contributed by atoms with Crippen molar-refractivity contribution in [3.63, 3.8) is 0 Å². The first kappa shape index (κ1) is 57.7. The van der Waals surface area contributed by atoms with Crippen molar-refractivity contribution in [2.75, 3.05) is 44.5 Å². The summed E-state index contributed by atoms with van der Waals surface area (Å²) in [6.45, 7) is 0.619. The molecule has 0 aromatic carbocycles. The highest BCUT2D eigenvalue weighted by atomic mass is 35.6. The molecule has 0 heterocycles. The van der Waals surface area contributed by atoms with Gasteiger partial charge >= 0.3 is 12.1 Å². The first-order valence-corrected chi connectivity index (χ1v) is 23.7. The minimum Gasteiger partial charge on any atom is -0.480 e. The number of aliphatic hydroxyl groups is 2. The maximum Gasteiger partial charge on any atom is 0.407 e. The van der Waals surface area contributed by atoms with Crippen LogP contribution >= 0.6 is 46.6 Å². The molecular formula is C40H72Cl3N5O11S. The molecule has 0 aromatic heterocycles. The Morgan fingerprint density at radius 1 is 0.600 bits per heavy atom. The third kappa shape index (κ3) is 33.4. The van der Waals surface area contributed by atoms with Crippen LogP contribution in [0.2, 0.25) is 0 Å². The number of alkyl carbamates (subject to hydrolysis) is 1. The van der Waals surface area contributed by atoms with Crippen molar-refractivity contribution in [3.05, 3.63) is 0 Å². The maximum absolute atomic E-state index is 13.2. The maximum atomic E-state index is 13.2. The Morgan fingerprint density at radius 2 is 1.00 bits per heavy atom. The van der Waals surface area contributed by atoms with Crippen molar-refractivity contribution in [3.8, 4) is 0 Å². The van der Waals surface area contributed by atoms with Crippen molar-refractivity contribution < 1.29 is 53.6 Å². The van der Waals surface area contributed by atoms with Crippen molar-refractivity contribution in [2.24, 2.45) is 5.73 Å². The molecule has 0 spiro atoms. The van der Waals surface area contributed by atoms with E-state index in [2.05, 4.69) is 22.9 Å². The van der Waals surface area contributed by atoms with Crippen LogP contribution in [-0.2, 0) is 33.4 Å². The molecule has 350 valence electrons. The van der Waals surface area contributed by atoms with Crippen molar-refractivity contribution in [1.82, 2.24) is 21.3 Å². The molecule has 0 saturated carbocycles. The van der Waals surface area contributed by atoms with E-state index >= 15 is 0 Å². The van der Waals surface area contributed by atoms with E-state index in [9.17, 15) is 44.1 Å². The molecule has 0 aromatic rings. The predicted molar refractivity (Wildman–Crippen MR) is 236 cm³/mol. The number of carbonyl (C=O) groups excluding carboxylic acids is 5. The number of carboxylic acid groups (broad SMARTS) is 1. The lowest BCUT2D eigenvalue weighted by molar-refractivity contribution is -0.144. The summed E-state index contributed by atoms with van der Waals surface area (Å²) < 4.78 is 8.67. The first-order chi connectivity index (χ1) is 28.6. The molecule has 0 aliphatic carbocycles. The highest BCUT2D eigenvalue weighted by molar-refractivity contribution is 7.99. The molecule has 0 radical (unpaired) electrons. The molecule has 0 bridgehead atoms. The zero-order chi connectivity index (χ0) is 45.0. The van der Waals surface area contributed by atoms with Gasteiger partial charge in [0.15, 0.2) is 0 Å². The molecule has 9 N–H and O–H groups in total. The number of carbonyl (C=O) groups is 6. The van der Waals surface area contributed by atoms with Crippen LogP contribution in [0.4, 0.5) is 4.79 Å². The highest BCUT2D eigenvalue weighted by Gasteiger charge is 2.32. The summed E-state index contributed by atoms with van der Waals surface area (Å²) in [5.74, 6) is -5.42. The second kappa shape index (κ2) is 37.3. The van der Waals surface area contributed by atoms with Crippen LogP contribution in [0, 0.1) is 0 Å². The van der Waals surface area contributed by atoms with E-state index in [1.165, 1.54) is 121 Å². The van der Waals surface area contributed by atoms with Gasteiger partial charge in [0, 0.05) is 18.1 Å². The summed E-state index contributed by atoms with van der Waals surface area (Å²) in [5, 5.41) is 37.4. The van der Waals surface area contributed by atoms with Gasteiger partial charge in [-0.3, -0.25) is 19.2 Å². The van der Waals surface area contributed by atoms with Crippen LogP contribution in [0.3, 0.4) is 0 Å². The van der Waals surface area contributed by atoms with Crippen LogP contribution in [0.25, 0.3) is 0 Å². The molecule has 4 atom stereocenters. The number of nitrogens with one attached hydrogen (secondary N) is 4. The number of amides is 5. The van der Waals surface area contributed by atoms with Crippen molar-refractivity contribution >= 4 is 82.3 Å². The van der Waals surface area contributed by atoms with Crippen LogP contribution in [0.1, 0.15) is 142 Å². The third-order valence-corrected chi connectivity index (χ3v) is 10.8.